The Morgan fingerprint density at radius 1 is 1.21 bits per heavy atom. The van der Waals surface area contributed by atoms with Crippen LogP contribution >= 0.6 is 11.8 Å². The van der Waals surface area contributed by atoms with Gasteiger partial charge in [-0.2, -0.15) is 0 Å². The summed E-state index contributed by atoms with van der Waals surface area (Å²) in [6.07, 6.45) is 1.83. The van der Waals surface area contributed by atoms with Crippen molar-refractivity contribution in [2.75, 3.05) is 13.7 Å². The number of carbonyl (C=O) groups excluding carboxylic acids is 2. The van der Waals surface area contributed by atoms with Gasteiger partial charge in [-0.05, 0) is 65.4 Å². The fourth-order valence-corrected chi connectivity index (χ4v) is 3.50. The lowest BCUT2D eigenvalue weighted by atomic mass is 9.96. The van der Waals surface area contributed by atoms with Gasteiger partial charge in [0.05, 0.1) is 12.0 Å². The first-order chi connectivity index (χ1) is 11.2. The maximum absolute atomic E-state index is 12.5. The lowest BCUT2D eigenvalue weighted by Gasteiger charge is -2.15. The van der Waals surface area contributed by atoms with Gasteiger partial charge >= 0.3 is 0 Å². The third-order valence-electron chi connectivity index (χ3n) is 3.95. The molecule has 0 atom stereocenters. The lowest BCUT2D eigenvalue weighted by molar-refractivity contribution is -0.123. The fourth-order valence-electron chi connectivity index (χ4n) is 2.66. The number of benzene rings is 1. The molecule has 0 aromatic heterocycles. The normalized spacial score (nSPS) is 16.8. The van der Waals surface area contributed by atoms with Crippen molar-refractivity contribution >= 4 is 29.0 Å². The summed E-state index contributed by atoms with van der Waals surface area (Å²) < 4.78 is 5.46. The molecule has 130 valence electrons. The molecular formula is C19H25NO3S. The highest BCUT2D eigenvalue weighted by Gasteiger charge is 2.35. The molecule has 4 nitrogen and oxygen atoms in total. The largest absolute Gasteiger partial charge is 0.496 e. The molecule has 0 aliphatic carbocycles. The standard InChI is InChI=1S/C19H25NO3S/c1-11(2)10-20-18(21)17(24-19(20)22)9-14-8-15(12(3)4)16(23-6)7-13(14)5/h7-9,11-12H,10H2,1-6H3/b17-9+. The van der Waals surface area contributed by atoms with Crippen LogP contribution in [0.3, 0.4) is 0 Å². The highest BCUT2D eigenvalue weighted by atomic mass is 32.2. The Morgan fingerprint density at radius 2 is 1.88 bits per heavy atom. The number of hydrogen-bond acceptors (Lipinski definition) is 4. The van der Waals surface area contributed by atoms with Crippen LogP contribution in [0, 0.1) is 12.8 Å². The van der Waals surface area contributed by atoms with Crippen LogP contribution in [0.25, 0.3) is 6.08 Å². The lowest BCUT2D eigenvalue weighted by Crippen LogP contribution is -2.31. The first-order valence-corrected chi connectivity index (χ1v) is 9.00. The first kappa shape index (κ1) is 18.6. The summed E-state index contributed by atoms with van der Waals surface area (Å²) in [6.45, 7) is 10.6. The molecular weight excluding hydrogens is 322 g/mol. The second-order valence-corrected chi connectivity index (χ2v) is 7.78. The van der Waals surface area contributed by atoms with Gasteiger partial charge in [0, 0.05) is 6.54 Å². The zero-order valence-corrected chi connectivity index (χ0v) is 16.0. The van der Waals surface area contributed by atoms with Crippen LogP contribution in [0.15, 0.2) is 17.0 Å². The van der Waals surface area contributed by atoms with E-state index < -0.39 is 0 Å². The van der Waals surface area contributed by atoms with E-state index in [1.54, 1.807) is 7.11 Å². The Labute approximate surface area is 148 Å². The molecule has 0 saturated carbocycles. The van der Waals surface area contributed by atoms with Gasteiger partial charge in [0.2, 0.25) is 0 Å². The summed E-state index contributed by atoms with van der Waals surface area (Å²) in [5, 5.41) is -0.185. The first-order valence-electron chi connectivity index (χ1n) is 8.18. The van der Waals surface area contributed by atoms with Crippen LogP contribution in [0.4, 0.5) is 4.79 Å². The van der Waals surface area contributed by atoms with E-state index in [1.165, 1.54) is 4.90 Å². The van der Waals surface area contributed by atoms with Crippen LogP contribution in [-0.4, -0.2) is 29.7 Å². The van der Waals surface area contributed by atoms with Gasteiger partial charge in [-0.15, -0.1) is 0 Å². The van der Waals surface area contributed by atoms with E-state index in [1.807, 2.05) is 32.9 Å². The molecule has 0 spiro atoms. The van der Waals surface area contributed by atoms with E-state index in [-0.39, 0.29) is 17.1 Å². The molecule has 5 heteroatoms. The number of hydrogen-bond donors (Lipinski definition) is 0. The Hall–Kier alpha value is -1.75. The number of nitrogens with zero attached hydrogens (tertiary/aromatic N) is 1. The summed E-state index contributed by atoms with van der Waals surface area (Å²) in [7, 11) is 1.66. The average Bonchev–Trinajstić information content (AvgIpc) is 2.75. The summed E-state index contributed by atoms with van der Waals surface area (Å²) >= 11 is 1.02. The maximum Gasteiger partial charge on any atom is 0.293 e. The predicted molar refractivity (Wildman–Crippen MR) is 99.3 cm³/mol. The Morgan fingerprint density at radius 3 is 2.42 bits per heavy atom. The number of ether oxygens (including phenoxy) is 1. The molecule has 1 aliphatic heterocycles. The molecule has 1 aromatic carbocycles. The molecule has 0 radical (unpaired) electrons. The maximum atomic E-state index is 12.5. The number of methoxy groups -OCH3 is 1. The van der Waals surface area contributed by atoms with Crippen molar-refractivity contribution in [3.63, 3.8) is 0 Å². The van der Waals surface area contributed by atoms with Crippen molar-refractivity contribution in [3.8, 4) is 5.75 Å². The van der Waals surface area contributed by atoms with E-state index in [4.69, 9.17) is 4.74 Å². The monoisotopic (exact) mass is 347 g/mol. The van der Waals surface area contributed by atoms with Crippen molar-refractivity contribution < 1.29 is 14.3 Å². The van der Waals surface area contributed by atoms with Crippen molar-refractivity contribution in [3.05, 3.63) is 33.7 Å². The minimum atomic E-state index is -0.194. The average molecular weight is 347 g/mol. The molecule has 1 fully saturated rings. The molecule has 0 unspecified atom stereocenters. The zero-order valence-electron chi connectivity index (χ0n) is 15.2. The van der Waals surface area contributed by atoms with Crippen LogP contribution in [0.2, 0.25) is 0 Å². The van der Waals surface area contributed by atoms with Crippen LogP contribution < -0.4 is 4.74 Å². The van der Waals surface area contributed by atoms with E-state index in [0.29, 0.717) is 17.4 Å². The van der Waals surface area contributed by atoms with Crippen molar-refractivity contribution in [2.24, 2.45) is 5.92 Å². The molecule has 1 heterocycles. The van der Waals surface area contributed by atoms with E-state index in [9.17, 15) is 9.59 Å². The number of rotatable bonds is 5. The summed E-state index contributed by atoms with van der Waals surface area (Å²) in [6, 6.07) is 4.04. The molecule has 2 amide bonds. The molecule has 24 heavy (non-hydrogen) atoms. The minimum absolute atomic E-state index is 0.185. The Balaban J connectivity index is 2.39. The van der Waals surface area contributed by atoms with Gasteiger partial charge in [-0.25, -0.2) is 0 Å². The summed E-state index contributed by atoms with van der Waals surface area (Å²) in [4.78, 5) is 26.4. The van der Waals surface area contributed by atoms with Gasteiger partial charge in [-0.3, -0.25) is 14.5 Å². The number of amides is 2. The van der Waals surface area contributed by atoms with Crippen LogP contribution in [0.5, 0.6) is 5.75 Å². The summed E-state index contributed by atoms with van der Waals surface area (Å²) in [5.74, 6) is 1.23. The van der Waals surface area contributed by atoms with Crippen molar-refractivity contribution in [2.45, 2.75) is 40.5 Å². The highest BCUT2D eigenvalue weighted by Crippen LogP contribution is 2.35. The second-order valence-electron chi connectivity index (χ2n) is 6.79. The molecule has 2 rings (SSSR count). The molecule has 1 aliphatic rings. The van der Waals surface area contributed by atoms with E-state index in [0.717, 1.165) is 34.2 Å². The Kier molecular flexibility index (Phi) is 5.75. The smallest absolute Gasteiger partial charge is 0.293 e. The third kappa shape index (κ3) is 3.83. The fraction of sp³-hybridized carbons (Fsp3) is 0.474. The SMILES string of the molecule is COc1cc(C)c(/C=C2/SC(=O)N(CC(C)C)C2=O)cc1C(C)C. The van der Waals surface area contributed by atoms with Crippen molar-refractivity contribution in [1.29, 1.82) is 0 Å². The molecule has 0 bridgehead atoms. The Bertz CT molecular complexity index is 692. The van der Waals surface area contributed by atoms with Gasteiger partial charge in [-0.1, -0.05) is 27.7 Å². The molecule has 1 saturated heterocycles. The van der Waals surface area contributed by atoms with Gasteiger partial charge in [0.1, 0.15) is 5.75 Å². The predicted octanol–water partition coefficient (Wildman–Crippen LogP) is 4.82. The van der Waals surface area contributed by atoms with Gasteiger partial charge in [0.25, 0.3) is 11.1 Å². The van der Waals surface area contributed by atoms with Gasteiger partial charge < -0.3 is 4.74 Å². The van der Waals surface area contributed by atoms with Gasteiger partial charge in [0.15, 0.2) is 0 Å². The number of thioether (sulfide) groups is 1. The third-order valence-corrected chi connectivity index (χ3v) is 4.86. The second kappa shape index (κ2) is 7.43. The topological polar surface area (TPSA) is 46.6 Å². The highest BCUT2D eigenvalue weighted by molar-refractivity contribution is 8.18. The number of imide groups is 1. The number of carbonyl (C=O) groups is 2. The number of aryl methyl sites for hydroxylation is 1. The quantitative estimate of drug-likeness (QED) is 0.717. The van der Waals surface area contributed by atoms with E-state index in [2.05, 4.69) is 19.9 Å². The zero-order chi connectivity index (χ0) is 18.0. The summed E-state index contributed by atoms with van der Waals surface area (Å²) in [5.41, 5.74) is 3.07. The van der Waals surface area contributed by atoms with Crippen LogP contribution in [0.1, 0.15) is 50.3 Å². The van der Waals surface area contributed by atoms with Crippen LogP contribution in [-0.2, 0) is 4.79 Å². The molecule has 0 N–H and O–H groups in total. The minimum Gasteiger partial charge on any atom is -0.496 e. The van der Waals surface area contributed by atoms with Crippen molar-refractivity contribution in [1.82, 2.24) is 4.90 Å². The van der Waals surface area contributed by atoms with E-state index >= 15 is 0 Å². The molecule has 1 aromatic rings.